The number of hydrogen-bond donors (Lipinski definition) is 1. The molecule has 8 nitrogen and oxygen atoms in total. The van der Waals surface area contributed by atoms with Crippen LogP contribution < -0.4 is 5.32 Å². The van der Waals surface area contributed by atoms with E-state index in [0.29, 0.717) is 5.89 Å². The average molecular weight is 316 g/mol. The monoisotopic (exact) mass is 316 g/mol. The number of amides is 1. The molecule has 2 aliphatic rings. The molecular weight excluding hydrogens is 296 g/mol. The number of aromatic nitrogens is 4. The van der Waals surface area contributed by atoms with Gasteiger partial charge in [-0.3, -0.25) is 9.69 Å². The van der Waals surface area contributed by atoms with Crippen LogP contribution in [0.3, 0.4) is 0 Å². The first-order valence-electron chi connectivity index (χ1n) is 8.04. The first-order valence-corrected chi connectivity index (χ1v) is 8.04. The van der Waals surface area contributed by atoms with Gasteiger partial charge in [-0.05, 0) is 32.2 Å². The van der Waals surface area contributed by atoms with Gasteiger partial charge in [0.2, 0.25) is 5.89 Å². The van der Waals surface area contributed by atoms with Crippen LogP contribution in [-0.4, -0.2) is 43.1 Å². The number of hydrogen-bond acceptors (Lipinski definition) is 6. The van der Waals surface area contributed by atoms with E-state index in [0.717, 1.165) is 44.5 Å². The van der Waals surface area contributed by atoms with Crippen molar-refractivity contribution in [3.05, 3.63) is 29.9 Å². The number of imidazole rings is 1. The number of nitrogens with one attached hydrogen (secondary N) is 1. The molecule has 2 fully saturated rings. The molecule has 3 heterocycles. The molecule has 4 rings (SSSR count). The Balaban J connectivity index is 1.46. The maximum Gasteiger partial charge on any atom is 0.292 e. The topological polar surface area (TPSA) is 89.1 Å². The zero-order valence-electron chi connectivity index (χ0n) is 13.1. The van der Waals surface area contributed by atoms with Crippen molar-refractivity contribution in [2.24, 2.45) is 7.05 Å². The standard InChI is InChI=1S/C15H20N6O2/c1-20-9-16-7-11(20)8-21-6-2-3-12(21)15-18-13(19-23-15)14(22)17-10-4-5-10/h7,9-10,12H,2-6,8H2,1H3,(H,17,22)/t12-/m1/s1. The minimum atomic E-state index is -0.237. The number of likely N-dealkylation sites (tertiary alicyclic amines) is 1. The molecule has 0 aromatic carbocycles. The molecule has 23 heavy (non-hydrogen) atoms. The van der Waals surface area contributed by atoms with Gasteiger partial charge in [0, 0.05) is 25.8 Å². The van der Waals surface area contributed by atoms with Gasteiger partial charge in [-0.15, -0.1) is 0 Å². The van der Waals surface area contributed by atoms with Gasteiger partial charge in [0.15, 0.2) is 0 Å². The van der Waals surface area contributed by atoms with E-state index in [1.807, 2.05) is 17.8 Å². The third-order valence-electron chi connectivity index (χ3n) is 4.49. The lowest BCUT2D eigenvalue weighted by atomic mass is 10.2. The lowest BCUT2D eigenvalue weighted by Crippen LogP contribution is -2.27. The summed E-state index contributed by atoms with van der Waals surface area (Å²) >= 11 is 0. The fraction of sp³-hybridized carbons (Fsp3) is 0.600. The molecule has 1 amide bonds. The lowest BCUT2D eigenvalue weighted by Gasteiger charge is -2.21. The summed E-state index contributed by atoms with van der Waals surface area (Å²) in [5.41, 5.74) is 1.14. The Kier molecular flexibility index (Phi) is 3.60. The van der Waals surface area contributed by atoms with Crippen molar-refractivity contribution in [2.45, 2.75) is 44.3 Å². The van der Waals surface area contributed by atoms with Gasteiger partial charge >= 0.3 is 0 Å². The predicted molar refractivity (Wildman–Crippen MR) is 80.4 cm³/mol. The van der Waals surface area contributed by atoms with Gasteiger partial charge in [0.1, 0.15) is 0 Å². The number of aryl methyl sites for hydroxylation is 1. The fourth-order valence-corrected chi connectivity index (χ4v) is 2.98. The van der Waals surface area contributed by atoms with E-state index in [1.54, 1.807) is 6.33 Å². The second-order valence-electron chi connectivity index (χ2n) is 6.33. The summed E-state index contributed by atoms with van der Waals surface area (Å²) in [5.74, 6) is 0.434. The van der Waals surface area contributed by atoms with Gasteiger partial charge in [-0.25, -0.2) is 4.98 Å². The minimum Gasteiger partial charge on any atom is -0.346 e. The Morgan fingerprint density at radius 2 is 2.30 bits per heavy atom. The molecule has 0 unspecified atom stereocenters. The highest BCUT2D eigenvalue weighted by Crippen LogP contribution is 2.32. The Morgan fingerprint density at radius 3 is 3.04 bits per heavy atom. The molecule has 0 bridgehead atoms. The highest BCUT2D eigenvalue weighted by molar-refractivity contribution is 5.90. The maximum absolute atomic E-state index is 12.0. The quantitative estimate of drug-likeness (QED) is 0.886. The highest BCUT2D eigenvalue weighted by atomic mass is 16.5. The summed E-state index contributed by atoms with van der Waals surface area (Å²) in [6.07, 6.45) is 7.79. The highest BCUT2D eigenvalue weighted by Gasteiger charge is 2.32. The molecule has 0 radical (unpaired) electrons. The zero-order valence-corrected chi connectivity index (χ0v) is 13.1. The Bertz CT molecular complexity index is 704. The van der Waals surface area contributed by atoms with Crippen molar-refractivity contribution >= 4 is 5.91 Å². The summed E-state index contributed by atoms with van der Waals surface area (Å²) in [5, 5.41) is 6.73. The molecule has 122 valence electrons. The third kappa shape index (κ3) is 2.98. The van der Waals surface area contributed by atoms with E-state index in [4.69, 9.17) is 4.52 Å². The number of nitrogens with zero attached hydrogens (tertiary/aromatic N) is 5. The van der Waals surface area contributed by atoms with E-state index < -0.39 is 0 Å². The van der Waals surface area contributed by atoms with Crippen LogP contribution in [-0.2, 0) is 13.6 Å². The van der Waals surface area contributed by atoms with Crippen molar-refractivity contribution < 1.29 is 9.32 Å². The van der Waals surface area contributed by atoms with E-state index >= 15 is 0 Å². The minimum absolute atomic E-state index is 0.0693. The van der Waals surface area contributed by atoms with E-state index in [2.05, 4.69) is 25.3 Å². The van der Waals surface area contributed by atoms with Gasteiger partial charge in [-0.1, -0.05) is 5.16 Å². The second-order valence-corrected chi connectivity index (χ2v) is 6.33. The van der Waals surface area contributed by atoms with E-state index in [9.17, 15) is 4.79 Å². The molecule has 1 N–H and O–H groups in total. The summed E-state index contributed by atoms with van der Waals surface area (Å²) in [6.45, 7) is 1.76. The molecule has 1 atom stereocenters. The summed E-state index contributed by atoms with van der Waals surface area (Å²) in [4.78, 5) is 22.8. The lowest BCUT2D eigenvalue weighted by molar-refractivity contribution is 0.0937. The Hall–Kier alpha value is -2.22. The van der Waals surface area contributed by atoms with Crippen LogP contribution >= 0.6 is 0 Å². The predicted octanol–water partition coefficient (Wildman–Crippen LogP) is 1.03. The first kappa shape index (κ1) is 14.4. The zero-order chi connectivity index (χ0) is 15.8. The average Bonchev–Trinajstić information content (AvgIpc) is 2.96. The van der Waals surface area contributed by atoms with Crippen molar-refractivity contribution in [1.29, 1.82) is 0 Å². The number of carbonyl (C=O) groups is 1. The Morgan fingerprint density at radius 1 is 1.43 bits per heavy atom. The van der Waals surface area contributed by atoms with Crippen molar-refractivity contribution in [3.8, 4) is 0 Å². The summed E-state index contributed by atoms with van der Waals surface area (Å²) in [6, 6.07) is 0.358. The fourth-order valence-electron chi connectivity index (χ4n) is 2.98. The normalized spacial score (nSPS) is 21.7. The number of rotatable bonds is 5. The molecule has 1 saturated heterocycles. The smallest absolute Gasteiger partial charge is 0.292 e. The van der Waals surface area contributed by atoms with E-state index in [1.165, 1.54) is 0 Å². The molecule has 1 saturated carbocycles. The maximum atomic E-state index is 12.0. The van der Waals surface area contributed by atoms with Crippen LogP contribution in [0.2, 0.25) is 0 Å². The molecule has 8 heteroatoms. The van der Waals surface area contributed by atoms with Crippen LogP contribution in [0.25, 0.3) is 0 Å². The summed E-state index contributed by atoms with van der Waals surface area (Å²) in [7, 11) is 1.99. The largest absolute Gasteiger partial charge is 0.346 e. The molecule has 0 spiro atoms. The van der Waals surface area contributed by atoms with Crippen molar-refractivity contribution in [2.75, 3.05) is 6.54 Å². The molecule has 2 aromatic heterocycles. The van der Waals surface area contributed by atoms with Crippen LogP contribution in [0.15, 0.2) is 17.0 Å². The van der Waals surface area contributed by atoms with Crippen molar-refractivity contribution in [3.63, 3.8) is 0 Å². The van der Waals surface area contributed by atoms with Gasteiger partial charge in [0.05, 0.1) is 18.1 Å². The third-order valence-corrected chi connectivity index (χ3v) is 4.49. The van der Waals surface area contributed by atoms with Crippen LogP contribution in [0.5, 0.6) is 0 Å². The van der Waals surface area contributed by atoms with Gasteiger partial charge in [0.25, 0.3) is 11.7 Å². The molecular formula is C15H20N6O2. The Labute approximate surface area is 133 Å². The van der Waals surface area contributed by atoms with Crippen LogP contribution in [0, 0.1) is 0 Å². The second kappa shape index (κ2) is 5.77. The van der Waals surface area contributed by atoms with Gasteiger partial charge in [-0.2, -0.15) is 4.98 Å². The molecule has 1 aliphatic heterocycles. The first-order chi connectivity index (χ1) is 11.2. The molecule has 2 aromatic rings. The SMILES string of the molecule is Cn1cncc1CN1CCC[C@@H]1c1nc(C(=O)NC2CC2)no1. The van der Waals surface area contributed by atoms with E-state index in [-0.39, 0.29) is 23.8 Å². The van der Waals surface area contributed by atoms with Crippen LogP contribution in [0.1, 0.15) is 53.9 Å². The van der Waals surface area contributed by atoms with Crippen LogP contribution in [0.4, 0.5) is 0 Å². The summed E-state index contributed by atoms with van der Waals surface area (Å²) < 4.78 is 7.38. The van der Waals surface area contributed by atoms with Gasteiger partial charge < -0.3 is 14.4 Å². The number of carbonyl (C=O) groups excluding carboxylic acids is 1. The molecule has 1 aliphatic carbocycles. The van der Waals surface area contributed by atoms with Crippen molar-refractivity contribution in [1.82, 2.24) is 29.9 Å².